The van der Waals surface area contributed by atoms with Crippen molar-refractivity contribution < 1.29 is 4.79 Å². The first-order chi connectivity index (χ1) is 7.81. The van der Waals surface area contributed by atoms with Crippen molar-refractivity contribution in [3.8, 4) is 6.07 Å². The Hall–Kier alpha value is -2.12. The minimum atomic E-state index is -0.183. The highest BCUT2D eigenvalue weighted by molar-refractivity contribution is 7.12. The average molecular weight is 228 g/mol. The molecule has 1 N–H and O–H groups in total. The lowest BCUT2D eigenvalue weighted by atomic mass is 10.2. The SMILES string of the molecule is N#Cc1ccccc1NC(=O)c1cccs1. The Morgan fingerprint density at radius 3 is 2.75 bits per heavy atom. The zero-order valence-electron chi connectivity index (χ0n) is 8.31. The summed E-state index contributed by atoms with van der Waals surface area (Å²) in [6.45, 7) is 0. The van der Waals surface area contributed by atoms with Gasteiger partial charge < -0.3 is 5.32 Å². The van der Waals surface area contributed by atoms with Gasteiger partial charge in [-0.3, -0.25) is 4.79 Å². The fourth-order valence-electron chi connectivity index (χ4n) is 1.28. The molecule has 0 bridgehead atoms. The number of hydrogen-bond acceptors (Lipinski definition) is 3. The molecule has 0 spiro atoms. The topological polar surface area (TPSA) is 52.9 Å². The standard InChI is InChI=1S/C12H8N2OS/c13-8-9-4-1-2-5-10(9)14-12(15)11-6-3-7-16-11/h1-7H,(H,14,15). The molecule has 0 radical (unpaired) electrons. The van der Waals surface area contributed by atoms with Gasteiger partial charge in [0, 0.05) is 0 Å². The Morgan fingerprint density at radius 1 is 1.25 bits per heavy atom. The van der Waals surface area contributed by atoms with Crippen LogP contribution in [0.1, 0.15) is 15.2 Å². The lowest BCUT2D eigenvalue weighted by molar-refractivity contribution is 0.103. The quantitative estimate of drug-likeness (QED) is 0.859. The summed E-state index contributed by atoms with van der Waals surface area (Å²) in [6, 6.07) is 12.5. The summed E-state index contributed by atoms with van der Waals surface area (Å²) >= 11 is 1.37. The molecule has 2 aromatic rings. The fraction of sp³-hybridized carbons (Fsp3) is 0. The second kappa shape index (κ2) is 4.60. The molecule has 2 rings (SSSR count). The molecule has 1 aromatic carbocycles. The highest BCUT2D eigenvalue weighted by atomic mass is 32.1. The summed E-state index contributed by atoms with van der Waals surface area (Å²) in [5.41, 5.74) is 1.01. The van der Waals surface area contributed by atoms with Crippen LogP contribution in [0.15, 0.2) is 41.8 Å². The first-order valence-corrected chi connectivity index (χ1v) is 5.53. The summed E-state index contributed by atoms with van der Waals surface area (Å²) in [7, 11) is 0. The normalized spacial score (nSPS) is 9.44. The molecule has 4 heteroatoms. The van der Waals surface area contributed by atoms with E-state index in [0.29, 0.717) is 16.1 Å². The molecule has 1 heterocycles. The number of carbonyl (C=O) groups excluding carboxylic acids is 1. The van der Waals surface area contributed by atoms with Crippen LogP contribution in [0.5, 0.6) is 0 Å². The van der Waals surface area contributed by atoms with Crippen molar-refractivity contribution in [1.29, 1.82) is 5.26 Å². The van der Waals surface area contributed by atoms with Gasteiger partial charge in [-0.2, -0.15) is 5.26 Å². The molecule has 78 valence electrons. The third-order valence-corrected chi connectivity index (χ3v) is 2.91. The van der Waals surface area contributed by atoms with E-state index >= 15 is 0 Å². The minimum absolute atomic E-state index is 0.183. The van der Waals surface area contributed by atoms with Crippen LogP contribution in [0.3, 0.4) is 0 Å². The van der Waals surface area contributed by atoms with Crippen LogP contribution in [-0.4, -0.2) is 5.91 Å². The van der Waals surface area contributed by atoms with E-state index in [1.54, 1.807) is 30.3 Å². The number of rotatable bonds is 2. The summed E-state index contributed by atoms with van der Waals surface area (Å²) in [6.07, 6.45) is 0. The van der Waals surface area contributed by atoms with Gasteiger partial charge in [0.05, 0.1) is 16.1 Å². The number of thiophene rings is 1. The molecule has 0 aliphatic rings. The molecule has 0 saturated heterocycles. The summed E-state index contributed by atoms with van der Waals surface area (Å²) in [5, 5.41) is 13.4. The minimum Gasteiger partial charge on any atom is -0.320 e. The molecule has 0 aliphatic carbocycles. The summed E-state index contributed by atoms with van der Waals surface area (Å²) in [4.78, 5) is 12.4. The Kier molecular flexibility index (Phi) is 2.99. The number of amides is 1. The van der Waals surface area contributed by atoms with Crippen LogP contribution < -0.4 is 5.32 Å². The molecular weight excluding hydrogens is 220 g/mol. The average Bonchev–Trinajstić information content (AvgIpc) is 2.83. The third-order valence-electron chi connectivity index (χ3n) is 2.04. The number of hydrogen-bond donors (Lipinski definition) is 1. The van der Waals surface area contributed by atoms with Gasteiger partial charge in [0.1, 0.15) is 6.07 Å². The Morgan fingerprint density at radius 2 is 2.06 bits per heavy atom. The number of nitrogens with one attached hydrogen (secondary N) is 1. The number of nitriles is 1. The van der Waals surface area contributed by atoms with Gasteiger partial charge in [0.25, 0.3) is 5.91 Å². The van der Waals surface area contributed by atoms with Crippen LogP contribution in [0, 0.1) is 11.3 Å². The molecule has 0 aliphatic heterocycles. The van der Waals surface area contributed by atoms with E-state index in [-0.39, 0.29) is 5.91 Å². The Balaban J connectivity index is 2.22. The van der Waals surface area contributed by atoms with Gasteiger partial charge in [0.15, 0.2) is 0 Å². The van der Waals surface area contributed by atoms with Crippen molar-refractivity contribution in [3.05, 3.63) is 52.2 Å². The number of benzene rings is 1. The maximum atomic E-state index is 11.7. The predicted molar refractivity (Wildman–Crippen MR) is 63.4 cm³/mol. The highest BCUT2D eigenvalue weighted by Crippen LogP contribution is 2.16. The molecule has 0 fully saturated rings. The summed E-state index contributed by atoms with van der Waals surface area (Å²) < 4.78 is 0. The van der Waals surface area contributed by atoms with Crippen molar-refractivity contribution in [2.75, 3.05) is 5.32 Å². The van der Waals surface area contributed by atoms with Gasteiger partial charge >= 0.3 is 0 Å². The number of anilines is 1. The first kappa shape index (κ1) is 10.4. The lowest BCUT2D eigenvalue weighted by Crippen LogP contribution is -2.11. The second-order valence-corrected chi connectivity index (χ2v) is 4.04. The maximum Gasteiger partial charge on any atom is 0.265 e. The van der Waals surface area contributed by atoms with Crippen molar-refractivity contribution in [2.45, 2.75) is 0 Å². The van der Waals surface area contributed by atoms with Gasteiger partial charge in [0.2, 0.25) is 0 Å². The maximum absolute atomic E-state index is 11.7. The van der Waals surface area contributed by atoms with Gasteiger partial charge in [-0.05, 0) is 23.6 Å². The van der Waals surface area contributed by atoms with E-state index in [1.807, 2.05) is 17.5 Å². The molecule has 1 amide bonds. The zero-order valence-corrected chi connectivity index (χ0v) is 9.12. The van der Waals surface area contributed by atoms with Crippen molar-refractivity contribution in [1.82, 2.24) is 0 Å². The van der Waals surface area contributed by atoms with E-state index in [9.17, 15) is 4.79 Å². The van der Waals surface area contributed by atoms with Crippen molar-refractivity contribution in [2.24, 2.45) is 0 Å². The van der Waals surface area contributed by atoms with Crippen LogP contribution in [0.2, 0.25) is 0 Å². The van der Waals surface area contributed by atoms with E-state index < -0.39 is 0 Å². The Labute approximate surface area is 97.0 Å². The van der Waals surface area contributed by atoms with E-state index in [1.165, 1.54) is 11.3 Å². The first-order valence-electron chi connectivity index (χ1n) is 4.65. The van der Waals surface area contributed by atoms with Crippen molar-refractivity contribution >= 4 is 22.9 Å². The smallest absolute Gasteiger partial charge is 0.265 e. The summed E-state index contributed by atoms with van der Waals surface area (Å²) in [5.74, 6) is -0.183. The molecular formula is C12H8N2OS. The van der Waals surface area contributed by atoms with E-state index in [4.69, 9.17) is 5.26 Å². The molecule has 0 atom stereocenters. The predicted octanol–water partition coefficient (Wildman–Crippen LogP) is 2.87. The highest BCUT2D eigenvalue weighted by Gasteiger charge is 2.08. The fourth-order valence-corrected chi connectivity index (χ4v) is 1.90. The second-order valence-electron chi connectivity index (χ2n) is 3.09. The monoisotopic (exact) mass is 228 g/mol. The molecule has 0 saturated carbocycles. The van der Waals surface area contributed by atoms with Gasteiger partial charge in [-0.25, -0.2) is 0 Å². The van der Waals surface area contributed by atoms with E-state index in [0.717, 1.165) is 0 Å². The van der Waals surface area contributed by atoms with Crippen LogP contribution >= 0.6 is 11.3 Å². The molecule has 0 unspecified atom stereocenters. The van der Waals surface area contributed by atoms with Crippen LogP contribution in [0.25, 0.3) is 0 Å². The molecule has 3 nitrogen and oxygen atoms in total. The largest absolute Gasteiger partial charge is 0.320 e. The van der Waals surface area contributed by atoms with Crippen molar-refractivity contribution in [3.63, 3.8) is 0 Å². The number of para-hydroxylation sites is 1. The van der Waals surface area contributed by atoms with E-state index in [2.05, 4.69) is 5.32 Å². The van der Waals surface area contributed by atoms with Crippen LogP contribution in [-0.2, 0) is 0 Å². The zero-order chi connectivity index (χ0) is 11.4. The van der Waals surface area contributed by atoms with Gasteiger partial charge in [-0.1, -0.05) is 18.2 Å². The molecule has 16 heavy (non-hydrogen) atoms. The number of carbonyl (C=O) groups is 1. The van der Waals surface area contributed by atoms with Gasteiger partial charge in [-0.15, -0.1) is 11.3 Å². The third kappa shape index (κ3) is 2.10. The molecule has 1 aromatic heterocycles. The number of nitrogens with zero attached hydrogens (tertiary/aromatic N) is 1. The Bertz CT molecular complexity index is 540. The van der Waals surface area contributed by atoms with Crippen LogP contribution in [0.4, 0.5) is 5.69 Å². The lowest BCUT2D eigenvalue weighted by Gasteiger charge is -2.04.